The molecule has 0 aromatic heterocycles. The van der Waals surface area contributed by atoms with Crippen molar-refractivity contribution >= 4 is 10.0 Å². The number of nitrogens with zero attached hydrogens (tertiary/aromatic N) is 1. The molecule has 4 nitrogen and oxygen atoms in total. The molecule has 0 amide bonds. The Morgan fingerprint density at radius 3 is 2.53 bits per heavy atom. The topological polar surface area (TPSA) is 49.4 Å². The van der Waals surface area contributed by atoms with Crippen LogP contribution in [-0.4, -0.2) is 44.7 Å². The maximum atomic E-state index is 12.4. The van der Waals surface area contributed by atoms with Gasteiger partial charge in [-0.2, -0.15) is 0 Å². The van der Waals surface area contributed by atoms with Crippen LogP contribution >= 0.6 is 0 Å². The second kappa shape index (κ2) is 5.67. The summed E-state index contributed by atoms with van der Waals surface area (Å²) in [7, 11) is -1.07. The van der Waals surface area contributed by atoms with E-state index in [0.717, 1.165) is 58.2 Å². The zero-order valence-electron chi connectivity index (χ0n) is 10.7. The second-order valence-corrected chi connectivity index (χ2v) is 7.59. The Bertz CT molecular complexity index is 334. The van der Waals surface area contributed by atoms with E-state index < -0.39 is 10.0 Å². The van der Waals surface area contributed by atoms with E-state index in [1.54, 1.807) is 4.31 Å². The van der Waals surface area contributed by atoms with Crippen molar-refractivity contribution in [1.29, 1.82) is 0 Å². The van der Waals surface area contributed by atoms with Crippen molar-refractivity contribution < 1.29 is 8.42 Å². The summed E-state index contributed by atoms with van der Waals surface area (Å²) in [6, 6.07) is 0. The van der Waals surface area contributed by atoms with Gasteiger partial charge in [0.05, 0.1) is 5.25 Å². The molecule has 1 atom stereocenters. The highest BCUT2D eigenvalue weighted by Gasteiger charge is 2.36. The minimum absolute atomic E-state index is 0.0872. The van der Waals surface area contributed by atoms with Crippen LogP contribution in [0.15, 0.2) is 0 Å². The normalized spacial score (nSPS) is 28.6. The van der Waals surface area contributed by atoms with Crippen molar-refractivity contribution in [2.24, 2.45) is 5.92 Å². The van der Waals surface area contributed by atoms with Crippen LogP contribution < -0.4 is 5.32 Å². The minimum atomic E-state index is -3.01. The lowest BCUT2D eigenvalue weighted by molar-refractivity contribution is 0.261. The third kappa shape index (κ3) is 3.01. The van der Waals surface area contributed by atoms with Gasteiger partial charge >= 0.3 is 0 Å². The van der Waals surface area contributed by atoms with Gasteiger partial charge in [-0.15, -0.1) is 0 Å². The van der Waals surface area contributed by atoms with Crippen molar-refractivity contribution in [3.05, 3.63) is 0 Å². The van der Waals surface area contributed by atoms with Gasteiger partial charge in [0.1, 0.15) is 0 Å². The predicted octanol–water partition coefficient (Wildman–Crippen LogP) is 1.19. The molecule has 100 valence electrons. The molecule has 1 aliphatic heterocycles. The highest BCUT2D eigenvalue weighted by atomic mass is 32.2. The van der Waals surface area contributed by atoms with Gasteiger partial charge in [0.2, 0.25) is 10.0 Å². The lowest BCUT2D eigenvalue weighted by atomic mass is 10.00. The monoisotopic (exact) mass is 260 g/mol. The Balaban J connectivity index is 2.00. The van der Waals surface area contributed by atoms with E-state index in [1.165, 1.54) is 0 Å². The summed E-state index contributed by atoms with van der Waals surface area (Å²) in [6.45, 7) is 2.38. The van der Waals surface area contributed by atoms with E-state index in [1.807, 2.05) is 7.05 Å². The molecule has 0 bridgehead atoms. The van der Waals surface area contributed by atoms with Crippen LogP contribution in [-0.2, 0) is 10.0 Å². The molecule has 0 aromatic rings. The average molecular weight is 260 g/mol. The van der Waals surface area contributed by atoms with Gasteiger partial charge in [-0.05, 0) is 45.2 Å². The number of hydrogen-bond acceptors (Lipinski definition) is 3. The maximum absolute atomic E-state index is 12.4. The van der Waals surface area contributed by atoms with Crippen LogP contribution in [0.3, 0.4) is 0 Å². The molecule has 2 fully saturated rings. The molecule has 2 aliphatic rings. The minimum Gasteiger partial charge on any atom is -0.319 e. The molecule has 1 saturated heterocycles. The summed E-state index contributed by atoms with van der Waals surface area (Å²) in [5.41, 5.74) is 0. The van der Waals surface area contributed by atoms with Crippen molar-refractivity contribution in [2.45, 2.75) is 43.8 Å². The molecular formula is C12H24N2O2S. The fourth-order valence-corrected chi connectivity index (χ4v) is 5.26. The lowest BCUT2D eigenvalue weighted by Crippen LogP contribution is -2.45. The third-order valence-corrected chi connectivity index (χ3v) is 6.42. The molecule has 0 radical (unpaired) electrons. The third-order valence-electron chi connectivity index (χ3n) is 4.06. The van der Waals surface area contributed by atoms with Crippen LogP contribution in [0.5, 0.6) is 0 Å². The summed E-state index contributed by atoms with van der Waals surface area (Å²) >= 11 is 0. The van der Waals surface area contributed by atoms with Crippen LogP contribution in [0, 0.1) is 5.92 Å². The predicted molar refractivity (Wildman–Crippen MR) is 69.4 cm³/mol. The van der Waals surface area contributed by atoms with E-state index in [4.69, 9.17) is 0 Å². The van der Waals surface area contributed by atoms with Crippen molar-refractivity contribution in [3.8, 4) is 0 Å². The fraction of sp³-hybridized carbons (Fsp3) is 1.00. The van der Waals surface area contributed by atoms with Gasteiger partial charge in [0.25, 0.3) is 0 Å². The molecule has 0 spiro atoms. The van der Waals surface area contributed by atoms with E-state index in [-0.39, 0.29) is 5.25 Å². The Hall–Kier alpha value is -0.130. The van der Waals surface area contributed by atoms with E-state index >= 15 is 0 Å². The first-order valence-electron chi connectivity index (χ1n) is 6.78. The summed E-state index contributed by atoms with van der Waals surface area (Å²) in [6.07, 6.45) is 6.07. The molecule has 0 aromatic carbocycles. The summed E-state index contributed by atoms with van der Waals surface area (Å²) in [5.74, 6) is 0.491. The smallest absolute Gasteiger partial charge is 0.216 e. The molecule has 5 heteroatoms. The molecule has 1 N–H and O–H groups in total. The number of rotatable bonds is 4. The second-order valence-electron chi connectivity index (χ2n) is 5.38. The number of nitrogens with one attached hydrogen (secondary N) is 1. The lowest BCUT2D eigenvalue weighted by Gasteiger charge is -2.33. The molecular weight excluding hydrogens is 236 g/mol. The van der Waals surface area contributed by atoms with E-state index in [9.17, 15) is 8.42 Å². The molecule has 17 heavy (non-hydrogen) atoms. The maximum Gasteiger partial charge on any atom is 0.216 e. The molecule has 1 saturated carbocycles. The first-order valence-corrected chi connectivity index (χ1v) is 8.28. The van der Waals surface area contributed by atoms with E-state index in [0.29, 0.717) is 5.92 Å². The van der Waals surface area contributed by atoms with Crippen LogP contribution in [0.1, 0.15) is 38.5 Å². The van der Waals surface area contributed by atoms with E-state index in [2.05, 4.69) is 5.32 Å². The highest BCUT2D eigenvalue weighted by Crippen LogP contribution is 2.29. The zero-order chi connectivity index (χ0) is 12.3. The number of piperidine rings is 1. The standard InChI is InChI=1S/C12H24N2O2S/c1-13-9-11-5-4-8-14(10-11)17(15,16)12-6-2-3-7-12/h11-13H,2-10H2,1H3. The Morgan fingerprint density at radius 2 is 1.88 bits per heavy atom. The first kappa shape index (κ1) is 13.3. The van der Waals surface area contributed by atoms with Gasteiger partial charge in [-0.25, -0.2) is 12.7 Å². The summed E-state index contributed by atoms with van der Waals surface area (Å²) in [5, 5.41) is 3.07. The molecule has 1 heterocycles. The SMILES string of the molecule is CNCC1CCCN(S(=O)(=O)C2CCCC2)C1. The van der Waals surface area contributed by atoms with Crippen LogP contribution in [0.4, 0.5) is 0 Å². The largest absolute Gasteiger partial charge is 0.319 e. The van der Waals surface area contributed by atoms with Gasteiger partial charge < -0.3 is 5.32 Å². The number of hydrogen-bond donors (Lipinski definition) is 1. The van der Waals surface area contributed by atoms with Crippen LogP contribution in [0.2, 0.25) is 0 Å². The quantitative estimate of drug-likeness (QED) is 0.826. The Morgan fingerprint density at radius 1 is 1.18 bits per heavy atom. The zero-order valence-corrected chi connectivity index (χ0v) is 11.5. The van der Waals surface area contributed by atoms with Gasteiger partial charge in [0, 0.05) is 13.1 Å². The van der Waals surface area contributed by atoms with Crippen molar-refractivity contribution in [3.63, 3.8) is 0 Å². The van der Waals surface area contributed by atoms with Crippen LogP contribution in [0.25, 0.3) is 0 Å². The summed E-state index contributed by atoms with van der Waals surface area (Å²) in [4.78, 5) is 0. The van der Waals surface area contributed by atoms with Gasteiger partial charge in [-0.3, -0.25) is 0 Å². The molecule has 2 rings (SSSR count). The number of sulfonamides is 1. The average Bonchev–Trinajstić information content (AvgIpc) is 2.84. The van der Waals surface area contributed by atoms with Gasteiger partial charge in [-0.1, -0.05) is 12.8 Å². The molecule has 1 aliphatic carbocycles. The first-order chi connectivity index (χ1) is 8.14. The summed E-state index contributed by atoms with van der Waals surface area (Å²) < 4.78 is 26.6. The highest BCUT2D eigenvalue weighted by molar-refractivity contribution is 7.89. The fourth-order valence-electron chi connectivity index (χ4n) is 3.11. The molecule has 1 unspecified atom stereocenters. The van der Waals surface area contributed by atoms with Crippen molar-refractivity contribution in [1.82, 2.24) is 9.62 Å². The van der Waals surface area contributed by atoms with Crippen molar-refractivity contribution in [2.75, 3.05) is 26.7 Å². The van der Waals surface area contributed by atoms with Gasteiger partial charge in [0.15, 0.2) is 0 Å². The Labute approximate surface area is 105 Å². The Kier molecular flexibility index (Phi) is 4.44.